The predicted molar refractivity (Wildman–Crippen MR) is 70.4 cm³/mol. The molecule has 0 saturated heterocycles. The second-order valence-electron chi connectivity index (χ2n) is 4.90. The topological polar surface area (TPSA) is 59.0 Å². The third-order valence-electron chi connectivity index (χ3n) is 3.48. The molecule has 1 aliphatic rings. The van der Waals surface area contributed by atoms with E-state index in [-0.39, 0.29) is 6.03 Å². The molecule has 1 aromatic rings. The summed E-state index contributed by atoms with van der Waals surface area (Å²) in [7, 11) is 0. The molecule has 5 heteroatoms. The smallest absolute Gasteiger partial charge is 0.315 e. The van der Waals surface area contributed by atoms with E-state index in [2.05, 4.69) is 20.2 Å². The Morgan fingerprint density at radius 1 is 1.50 bits per heavy atom. The van der Waals surface area contributed by atoms with Crippen LogP contribution in [0.15, 0.2) is 12.4 Å². The largest absolute Gasteiger partial charge is 0.338 e. The van der Waals surface area contributed by atoms with Gasteiger partial charge < -0.3 is 15.2 Å². The molecular formula is C13H22N4O. The highest BCUT2D eigenvalue weighted by Gasteiger charge is 2.16. The standard InChI is InChI=1S/C13H22N4O/c1-11-14-8-10-17(11)9-4-7-15-13(18)16-12-5-2-3-6-12/h8,10,12H,2-7,9H2,1H3,(H2,15,16,18). The summed E-state index contributed by atoms with van der Waals surface area (Å²) in [5.74, 6) is 1.02. The zero-order chi connectivity index (χ0) is 12.8. The first-order valence-electron chi connectivity index (χ1n) is 6.78. The van der Waals surface area contributed by atoms with Gasteiger partial charge in [0.15, 0.2) is 0 Å². The van der Waals surface area contributed by atoms with Crippen molar-refractivity contribution in [2.45, 2.75) is 51.6 Å². The number of nitrogens with one attached hydrogen (secondary N) is 2. The lowest BCUT2D eigenvalue weighted by atomic mass is 10.2. The molecule has 5 nitrogen and oxygen atoms in total. The molecule has 0 aromatic carbocycles. The van der Waals surface area contributed by atoms with E-state index in [0.717, 1.165) is 31.6 Å². The van der Waals surface area contributed by atoms with E-state index >= 15 is 0 Å². The third kappa shape index (κ3) is 3.75. The van der Waals surface area contributed by atoms with Crippen LogP contribution in [0.3, 0.4) is 0 Å². The number of hydrogen-bond acceptors (Lipinski definition) is 2. The van der Waals surface area contributed by atoms with Crippen LogP contribution < -0.4 is 10.6 Å². The predicted octanol–water partition coefficient (Wildman–Crippen LogP) is 1.82. The lowest BCUT2D eigenvalue weighted by Gasteiger charge is -2.13. The molecule has 2 N–H and O–H groups in total. The third-order valence-corrected chi connectivity index (χ3v) is 3.48. The van der Waals surface area contributed by atoms with Crippen molar-refractivity contribution in [1.29, 1.82) is 0 Å². The summed E-state index contributed by atoms with van der Waals surface area (Å²) < 4.78 is 2.09. The highest BCUT2D eigenvalue weighted by atomic mass is 16.2. The Morgan fingerprint density at radius 3 is 2.94 bits per heavy atom. The van der Waals surface area contributed by atoms with Crippen LogP contribution in [0.25, 0.3) is 0 Å². The maximum atomic E-state index is 11.6. The van der Waals surface area contributed by atoms with Gasteiger partial charge in [-0.15, -0.1) is 0 Å². The zero-order valence-electron chi connectivity index (χ0n) is 11.0. The summed E-state index contributed by atoms with van der Waals surface area (Å²) in [4.78, 5) is 15.7. The number of imidazole rings is 1. The molecule has 0 unspecified atom stereocenters. The number of rotatable bonds is 5. The highest BCUT2D eigenvalue weighted by molar-refractivity contribution is 5.74. The molecule has 2 rings (SSSR count). The summed E-state index contributed by atoms with van der Waals surface area (Å²) in [5.41, 5.74) is 0. The molecule has 0 bridgehead atoms. The Kier molecular flexibility index (Phi) is 4.61. The monoisotopic (exact) mass is 250 g/mol. The van der Waals surface area contributed by atoms with Crippen molar-refractivity contribution in [1.82, 2.24) is 20.2 Å². The van der Waals surface area contributed by atoms with Crippen molar-refractivity contribution in [3.8, 4) is 0 Å². The van der Waals surface area contributed by atoms with Gasteiger partial charge in [-0.2, -0.15) is 0 Å². The molecule has 0 spiro atoms. The number of carbonyl (C=O) groups is 1. The fourth-order valence-electron chi connectivity index (χ4n) is 2.40. The van der Waals surface area contributed by atoms with Gasteiger partial charge in [0.2, 0.25) is 0 Å². The maximum Gasteiger partial charge on any atom is 0.315 e. The highest BCUT2D eigenvalue weighted by Crippen LogP contribution is 2.17. The van der Waals surface area contributed by atoms with E-state index in [9.17, 15) is 4.79 Å². The molecule has 100 valence electrons. The lowest BCUT2D eigenvalue weighted by Crippen LogP contribution is -2.41. The number of hydrogen-bond donors (Lipinski definition) is 2. The molecular weight excluding hydrogens is 228 g/mol. The van der Waals surface area contributed by atoms with Gasteiger partial charge in [-0.1, -0.05) is 12.8 Å². The fourth-order valence-corrected chi connectivity index (χ4v) is 2.40. The minimum absolute atomic E-state index is 0.0238. The van der Waals surface area contributed by atoms with Gasteiger partial charge in [-0.3, -0.25) is 0 Å². The van der Waals surface area contributed by atoms with Crippen molar-refractivity contribution in [3.05, 3.63) is 18.2 Å². The summed E-state index contributed by atoms with van der Waals surface area (Å²) in [6, 6.07) is 0.366. The van der Waals surface area contributed by atoms with E-state index in [1.165, 1.54) is 12.8 Å². The summed E-state index contributed by atoms with van der Waals surface area (Å²) in [6.45, 7) is 3.59. The number of carbonyl (C=O) groups excluding carboxylic acids is 1. The average molecular weight is 250 g/mol. The Bertz CT molecular complexity index is 382. The van der Waals surface area contributed by atoms with Crippen LogP contribution in [0.4, 0.5) is 4.79 Å². The quantitative estimate of drug-likeness (QED) is 0.783. The van der Waals surface area contributed by atoms with Crippen LogP contribution in [0.5, 0.6) is 0 Å². The van der Waals surface area contributed by atoms with Crippen LogP contribution >= 0.6 is 0 Å². The number of aryl methyl sites for hydroxylation is 2. The maximum absolute atomic E-state index is 11.6. The number of nitrogens with zero attached hydrogens (tertiary/aromatic N) is 2. The van der Waals surface area contributed by atoms with Gasteiger partial charge in [-0.05, 0) is 26.2 Å². The first-order chi connectivity index (χ1) is 8.75. The van der Waals surface area contributed by atoms with E-state index < -0.39 is 0 Å². The van der Waals surface area contributed by atoms with E-state index in [0.29, 0.717) is 12.6 Å². The van der Waals surface area contributed by atoms with Crippen molar-refractivity contribution in [2.75, 3.05) is 6.54 Å². The normalized spacial score (nSPS) is 15.8. The first-order valence-corrected chi connectivity index (χ1v) is 6.78. The molecule has 1 fully saturated rings. The van der Waals surface area contributed by atoms with Crippen LogP contribution in [-0.4, -0.2) is 28.2 Å². The van der Waals surface area contributed by atoms with Gasteiger partial charge >= 0.3 is 6.03 Å². The van der Waals surface area contributed by atoms with Gasteiger partial charge in [0.1, 0.15) is 5.82 Å². The first kappa shape index (κ1) is 12.9. The summed E-state index contributed by atoms with van der Waals surface area (Å²) in [6.07, 6.45) is 9.43. The van der Waals surface area contributed by atoms with Gasteiger partial charge in [0, 0.05) is 31.5 Å². The molecule has 2 amide bonds. The van der Waals surface area contributed by atoms with Crippen molar-refractivity contribution < 1.29 is 4.79 Å². The van der Waals surface area contributed by atoms with Crippen molar-refractivity contribution in [2.24, 2.45) is 0 Å². The Morgan fingerprint density at radius 2 is 2.28 bits per heavy atom. The van der Waals surface area contributed by atoms with E-state index in [4.69, 9.17) is 0 Å². The molecule has 0 radical (unpaired) electrons. The molecule has 1 aromatic heterocycles. The number of aromatic nitrogens is 2. The van der Waals surface area contributed by atoms with Crippen LogP contribution in [0, 0.1) is 6.92 Å². The SMILES string of the molecule is Cc1nccn1CCCNC(=O)NC1CCCC1. The van der Waals surface area contributed by atoms with E-state index in [1.54, 1.807) is 6.20 Å². The molecule has 0 aliphatic heterocycles. The number of amides is 2. The molecule has 1 aliphatic carbocycles. The molecule has 18 heavy (non-hydrogen) atoms. The zero-order valence-corrected chi connectivity index (χ0v) is 11.0. The van der Waals surface area contributed by atoms with Crippen molar-refractivity contribution in [3.63, 3.8) is 0 Å². The molecule has 1 saturated carbocycles. The minimum atomic E-state index is -0.0238. The fraction of sp³-hybridized carbons (Fsp3) is 0.692. The van der Waals surface area contributed by atoms with Gasteiger partial charge in [0.25, 0.3) is 0 Å². The van der Waals surface area contributed by atoms with Crippen LogP contribution in [-0.2, 0) is 6.54 Å². The lowest BCUT2D eigenvalue weighted by molar-refractivity contribution is 0.237. The Balaban J connectivity index is 1.57. The minimum Gasteiger partial charge on any atom is -0.338 e. The Hall–Kier alpha value is -1.52. The number of urea groups is 1. The molecule has 0 atom stereocenters. The van der Waals surface area contributed by atoms with Gasteiger partial charge in [-0.25, -0.2) is 9.78 Å². The Labute approximate surface area is 108 Å². The van der Waals surface area contributed by atoms with Crippen LogP contribution in [0.2, 0.25) is 0 Å². The van der Waals surface area contributed by atoms with Crippen LogP contribution in [0.1, 0.15) is 37.9 Å². The summed E-state index contributed by atoms with van der Waals surface area (Å²) >= 11 is 0. The van der Waals surface area contributed by atoms with Crippen molar-refractivity contribution >= 4 is 6.03 Å². The second-order valence-corrected chi connectivity index (χ2v) is 4.90. The van der Waals surface area contributed by atoms with Gasteiger partial charge in [0.05, 0.1) is 0 Å². The summed E-state index contributed by atoms with van der Waals surface area (Å²) in [5, 5.41) is 5.92. The van der Waals surface area contributed by atoms with E-state index in [1.807, 2.05) is 13.1 Å². The molecule has 1 heterocycles. The average Bonchev–Trinajstić information content (AvgIpc) is 2.97. The second kappa shape index (κ2) is 6.42.